The maximum Gasteiger partial charge on any atom is 0.0709 e. The first-order chi connectivity index (χ1) is 8.75. The molecule has 0 heterocycles. The second-order valence-electron chi connectivity index (χ2n) is 4.49. The molecule has 0 spiro atoms. The van der Waals surface area contributed by atoms with Crippen molar-refractivity contribution in [2.75, 3.05) is 6.54 Å². The summed E-state index contributed by atoms with van der Waals surface area (Å²) >= 11 is 6.34. The fraction of sp³-hybridized carbons (Fsp3) is 0.250. The number of benzene rings is 2. The van der Waals surface area contributed by atoms with Gasteiger partial charge in [-0.25, -0.2) is 0 Å². The zero-order chi connectivity index (χ0) is 12.8. The van der Waals surface area contributed by atoms with Crippen LogP contribution in [0.2, 0.25) is 0 Å². The molecule has 94 valence electrons. The normalized spacial score (nSPS) is 12.3. The molecule has 2 aromatic rings. The van der Waals surface area contributed by atoms with E-state index in [-0.39, 0.29) is 5.38 Å². The Morgan fingerprint density at radius 3 is 2.33 bits per heavy atom. The van der Waals surface area contributed by atoms with Crippen molar-refractivity contribution in [3.8, 4) is 0 Å². The van der Waals surface area contributed by atoms with Crippen molar-refractivity contribution in [3.05, 3.63) is 71.3 Å². The highest BCUT2D eigenvalue weighted by atomic mass is 35.5. The van der Waals surface area contributed by atoms with E-state index in [0.29, 0.717) is 0 Å². The Hall–Kier alpha value is -1.31. The van der Waals surface area contributed by atoms with Gasteiger partial charge in [0, 0.05) is 13.1 Å². The lowest BCUT2D eigenvalue weighted by atomic mass is 10.1. The van der Waals surface area contributed by atoms with Gasteiger partial charge < -0.3 is 5.32 Å². The molecule has 0 bridgehead atoms. The summed E-state index contributed by atoms with van der Waals surface area (Å²) in [6, 6.07) is 18.7. The maximum atomic E-state index is 6.34. The smallest absolute Gasteiger partial charge is 0.0709 e. The lowest BCUT2D eigenvalue weighted by Crippen LogP contribution is -2.18. The van der Waals surface area contributed by atoms with Crippen molar-refractivity contribution >= 4 is 11.6 Å². The van der Waals surface area contributed by atoms with Crippen LogP contribution in [0.4, 0.5) is 0 Å². The molecule has 1 N–H and O–H groups in total. The van der Waals surface area contributed by atoms with Gasteiger partial charge in [0.25, 0.3) is 0 Å². The van der Waals surface area contributed by atoms with E-state index in [2.05, 4.69) is 48.6 Å². The van der Waals surface area contributed by atoms with Gasteiger partial charge in [0.05, 0.1) is 5.38 Å². The van der Waals surface area contributed by atoms with E-state index in [0.717, 1.165) is 18.7 Å². The van der Waals surface area contributed by atoms with Gasteiger partial charge in [-0.05, 0) is 18.1 Å². The highest BCUT2D eigenvalue weighted by Crippen LogP contribution is 2.18. The van der Waals surface area contributed by atoms with Gasteiger partial charge in [-0.15, -0.1) is 11.6 Å². The lowest BCUT2D eigenvalue weighted by molar-refractivity contribution is 0.674. The lowest BCUT2D eigenvalue weighted by Gasteiger charge is -2.11. The Bertz CT molecular complexity index is 464. The second-order valence-corrected chi connectivity index (χ2v) is 5.02. The molecule has 0 saturated carbocycles. The number of hydrogen-bond donors (Lipinski definition) is 1. The molecular weight excluding hydrogens is 242 g/mol. The summed E-state index contributed by atoms with van der Waals surface area (Å²) in [5.74, 6) is 0. The van der Waals surface area contributed by atoms with Crippen molar-refractivity contribution in [2.24, 2.45) is 0 Å². The Labute approximate surface area is 114 Å². The highest BCUT2D eigenvalue weighted by Gasteiger charge is 2.06. The van der Waals surface area contributed by atoms with Crippen LogP contribution in [0.3, 0.4) is 0 Å². The minimum Gasteiger partial charge on any atom is -0.311 e. The molecule has 2 heteroatoms. The largest absolute Gasteiger partial charge is 0.311 e. The molecule has 0 fully saturated rings. The van der Waals surface area contributed by atoms with Gasteiger partial charge in [-0.1, -0.05) is 60.2 Å². The van der Waals surface area contributed by atoms with E-state index >= 15 is 0 Å². The van der Waals surface area contributed by atoms with E-state index in [4.69, 9.17) is 11.6 Å². The fourth-order valence-electron chi connectivity index (χ4n) is 1.83. The Balaban J connectivity index is 1.80. The third-order valence-electron chi connectivity index (χ3n) is 2.93. The van der Waals surface area contributed by atoms with E-state index in [1.54, 1.807) is 0 Å². The van der Waals surface area contributed by atoms with Crippen molar-refractivity contribution in [1.82, 2.24) is 5.32 Å². The zero-order valence-electron chi connectivity index (χ0n) is 10.6. The summed E-state index contributed by atoms with van der Waals surface area (Å²) < 4.78 is 0. The molecule has 0 aliphatic carbocycles. The van der Waals surface area contributed by atoms with Crippen LogP contribution < -0.4 is 5.32 Å². The maximum absolute atomic E-state index is 6.34. The molecule has 2 rings (SSSR count). The third-order valence-corrected chi connectivity index (χ3v) is 3.34. The summed E-state index contributed by atoms with van der Waals surface area (Å²) in [5.41, 5.74) is 3.74. The minimum absolute atomic E-state index is 0.0247. The standard InChI is InChI=1S/C16H18ClN/c1-13-7-9-14(10-8-13)11-18-12-16(17)15-5-3-2-4-6-15/h2-10,16,18H,11-12H2,1H3. The van der Waals surface area contributed by atoms with Gasteiger partial charge in [0.2, 0.25) is 0 Å². The topological polar surface area (TPSA) is 12.0 Å². The third kappa shape index (κ3) is 3.86. The molecule has 0 aliphatic heterocycles. The quantitative estimate of drug-likeness (QED) is 0.799. The molecule has 1 nitrogen and oxygen atoms in total. The SMILES string of the molecule is Cc1ccc(CNCC(Cl)c2ccccc2)cc1. The number of halogens is 1. The van der Waals surface area contributed by atoms with E-state index < -0.39 is 0 Å². The highest BCUT2D eigenvalue weighted by molar-refractivity contribution is 6.21. The molecule has 2 aromatic carbocycles. The van der Waals surface area contributed by atoms with Crippen LogP contribution in [-0.4, -0.2) is 6.54 Å². The Kier molecular flexibility index (Phi) is 4.80. The van der Waals surface area contributed by atoms with E-state index in [9.17, 15) is 0 Å². The van der Waals surface area contributed by atoms with Crippen LogP contribution in [0, 0.1) is 6.92 Å². The number of aryl methyl sites for hydroxylation is 1. The number of alkyl halides is 1. The molecule has 0 radical (unpaired) electrons. The number of hydrogen-bond acceptors (Lipinski definition) is 1. The first kappa shape index (κ1) is 13.1. The van der Waals surface area contributed by atoms with Crippen LogP contribution in [0.15, 0.2) is 54.6 Å². The van der Waals surface area contributed by atoms with E-state index in [1.807, 2.05) is 18.2 Å². The monoisotopic (exact) mass is 259 g/mol. The molecule has 1 atom stereocenters. The Morgan fingerprint density at radius 1 is 1.00 bits per heavy atom. The van der Waals surface area contributed by atoms with Gasteiger partial charge >= 0.3 is 0 Å². The van der Waals surface area contributed by atoms with Crippen LogP contribution in [0.25, 0.3) is 0 Å². The van der Waals surface area contributed by atoms with Crippen LogP contribution in [0.1, 0.15) is 22.1 Å². The average molecular weight is 260 g/mol. The summed E-state index contributed by atoms with van der Waals surface area (Å²) in [7, 11) is 0. The first-order valence-corrected chi connectivity index (χ1v) is 6.64. The molecule has 18 heavy (non-hydrogen) atoms. The summed E-state index contributed by atoms with van der Waals surface area (Å²) in [4.78, 5) is 0. The zero-order valence-corrected chi connectivity index (χ0v) is 11.3. The van der Waals surface area contributed by atoms with Gasteiger partial charge in [0.1, 0.15) is 0 Å². The number of rotatable bonds is 5. The Morgan fingerprint density at radius 2 is 1.67 bits per heavy atom. The van der Waals surface area contributed by atoms with E-state index in [1.165, 1.54) is 11.1 Å². The number of nitrogens with one attached hydrogen (secondary N) is 1. The summed E-state index contributed by atoms with van der Waals surface area (Å²) in [5, 5.41) is 3.41. The molecular formula is C16H18ClN. The van der Waals surface area contributed by atoms with Crippen LogP contribution >= 0.6 is 11.6 Å². The van der Waals surface area contributed by atoms with Crippen molar-refractivity contribution in [2.45, 2.75) is 18.8 Å². The van der Waals surface area contributed by atoms with Crippen molar-refractivity contribution in [3.63, 3.8) is 0 Å². The van der Waals surface area contributed by atoms with Gasteiger partial charge in [-0.2, -0.15) is 0 Å². The average Bonchev–Trinajstić information content (AvgIpc) is 2.42. The van der Waals surface area contributed by atoms with Gasteiger partial charge in [-0.3, -0.25) is 0 Å². The molecule has 0 aromatic heterocycles. The van der Waals surface area contributed by atoms with Gasteiger partial charge in [0.15, 0.2) is 0 Å². The predicted octanol–water partition coefficient (Wildman–Crippen LogP) is 4.06. The van der Waals surface area contributed by atoms with Crippen LogP contribution in [0.5, 0.6) is 0 Å². The van der Waals surface area contributed by atoms with Crippen molar-refractivity contribution < 1.29 is 0 Å². The van der Waals surface area contributed by atoms with Crippen molar-refractivity contribution in [1.29, 1.82) is 0 Å². The predicted molar refractivity (Wildman–Crippen MR) is 77.9 cm³/mol. The minimum atomic E-state index is 0.0247. The molecule has 0 amide bonds. The molecule has 0 aliphatic rings. The summed E-state index contributed by atoms with van der Waals surface area (Å²) in [6.45, 7) is 3.73. The first-order valence-electron chi connectivity index (χ1n) is 6.21. The molecule has 1 unspecified atom stereocenters. The second kappa shape index (κ2) is 6.58. The fourth-order valence-corrected chi connectivity index (χ4v) is 2.08. The summed E-state index contributed by atoms with van der Waals surface area (Å²) in [6.07, 6.45) is 0. The molecule has 0 saturated heterocycles. The van der Waals surface area contributed by atoms with Crippen LogP contribution in [-0.2, 0) is 6.54 Å².